The first-order chi connectivity index (χ1) is 14.0. The second-order valence-electron chi connectivity index (χ2n) is 5.68. The van der Waals surface area contributed by atoms with Crippen molar-refractivity contribution in [3.63, 3.8) is 0 Å². The number of amides is 1. The van der Waals surface area contributed by atoms with E-state index >= 15 is 0 Å². The number of hydrogen-bond donors (Lipinski definition) is 1. The number of rotatable bonds is 9. The standard InChI is InChI=1S/C21H22ClNO6/c1-4-28-18-8-5-14(11-19(18)27-3)6-10-21(25)29-13-20(24)23-16-12-15(22)7-9-17(16)26-2/h5-12H,4,13H2,1-3H3,(H,23,24)/b10-6+. The van der Waals surface area contributed by atoms with Gasteiger partial charge in [0.25, 0.3) is 5.91 Å². The van der Waals surface area contributed by atoms with Crippen LogP contribution >= 0.6 is 11.6 Å². The largest absolute Gasteiger partial charge is 0.495 e. The second-order valence-corrected chi connectivity index (χ2v) is 6.11. The fraction of sp³-hybridized carbons (Fsp3) is 0.238. The Labute approximate surface area is 174 Å². The van der Waals surface area contributed by atoms with Gasteiger partial charge >= 0.3 is 5.97 Å². The van der Waals surface area contributed by atoms with Crippen molar-refractivity contribution in [2.45, 2.75) is 6.92 Å². The predicted molar refractivity (Wildman–Crippen MR) is 111 cm³/mol. The first kappa shape index (κ1) is 22.1. The van der Waals surface area contributed by atoms with E-state index in [-0.39, 0.29) is 0 Å². The number of carbonyl (C=O) groups excluding carboxylic acids is 2. The molecule has 7 nitrogen and oxygen atoms in total. The summed E-state index contributed by atoms with van der Waals surface area (Å²) in [5.74, 6) is 0.430. The number of methoxy groups -OCH3 is 2. The van der Waals surface area contributed by atoms with Gasteiger partial charge < -0.3 is 24.3 Å². The van der Waals surface area contributed by atoms with Gasteiger partial charge in [0, 0.05) is 11.1 Å². The first-order valence-corrected chi connectivity index (χ1v) is 9.13. The summed E-state index contributed by atoms with van der Waals surface area (Å²) in [7, 11) is 3.01. The van der Waals surface area contributed by atoms with Gasteiger partial charge in [0.1, 0.15) is 5.75 Å². The molecule has 0 saturated heterocycles. The zero-order valence-corrected chi connectivity index (χ0v) is 17.1. The van der Waals surface area contributed by atoms with Crippen LogP contribution in [0.4, 0.5) is 5.69 Å². The van der Waals surface area contributed by atoms with E-state index < -0.39 is 18.5 Å². The Kier molecular flexibility index (Phi) is 8.36. The van der Waals surface area contributed by atoms with E-state index in [1.807, 2.05) is 6.92 Å². The summed E-state index contributed by atoms with van der Waals surface area (Å²) < 4.78 is 20.8. The zero-order valence-electron chi connectivity index (χ0n) is 16.4. The Balaban J connectivity index is 1.91. The van der Waals surface area contributed by atoms with Crippen molar-refractivity contribution in [3.05, 3.63) is 53.1 Å². The Bertz CT molecular complexity index is 897. The Hall–Kier alpha value is -3.19. The third-order valence-electron chi connectivity index (χ3n) is 3.68. The van der Waals surface area contributed by atoms with Gasteiger partial charge in [-0.1, -0.05) is 17.7 Å². The lowest BCUT2D eigenvalue weighted by Gasteiger charge is -2.10. The van der Waals surface area contributed by atoms with Gasteiger partial charge in [-0.2, -0.15) is 0 Å². The van der Waals surface area contributed by atoms with E-state index in [0.717, 1.165) is 5.56 Å². The maximum absolute atomic E-state index is 12.0. The Morgan fingerprint density at radius 1 is 1.03 bits per heavy atom. The molecule has 2 rings (SSSR count). The van der Waals surface area contributed by atoms with E-state index in [0.29, 0.717) is 34.6 Å². The monoisotopic (exact) mass is 419 g/mol. The fourth-order valence-electron chi connectivity index (χ4n) is 2.38. The van der Waals surface area contributed by atoms with Gasteiger partial charge in [0.15, 0.2) is 18.1 Å². The maximum Gasteiger partial charge on any atom is 0.331 e. The van der Waals surface area contributed by atoms with Gasteiger partial charge in [-0.15, -0.1) is 0 Å². The van der Waals surface area contributed by atoms with Crippen LogP contribution in [0.25, 0.3) is 6.08 Å². The van der Waals surface area contributed by atoms with E-state index in [1.165, 1.54) is 20.3 Å². The first-order valence-electron chi connectivity index (χ1n) is 8.75. The van der Waals surface area contributed by atoms with Gasteiger partial charge in [-0.25, -0.2) is 4.79 Å². The molecule has 0 fully saturated rings. The number of nitrogens with one attached hydrogen (secondary N) is 1. The van der Waals surface area contributed by atoms with Gasteiger partial charge in [0.2, 0.25) is 0 Å². The average molecular weight is 420 g/mol. The molecule has 29 heavy (non-hydrogen) atoms. The Morgan fingerprint density at radius 2 is 1.76 bits per heavy atom. The molecule has 154 valence electrons. The second kappa shape index (κ2) is 11.0. The van der Waals surface area contributed by atoms with E-state index in [9.17, 15) is 9.59 Å². The van der Waals surface area contributed by atoms with Crippen LogP contribution < -0.4 is 19.5 Å². The molecule has 2 aromatic rings. The number of benzene rings is 2. The van der Waals surface area contributed by atoms with E-state index in [4.69, 9.17) is 30.5 Å². The summed E-state index contributed by atoms with van der Waals surface area (Å²) in [6, 6.07) is 10.1. The maximum atomic E-state index is 12.0. The van der Waals surface area contributed by atoms with Crippen LogP contribution in [0.5, 0.6) is 17.2 Å². The topological polar surface area (TPSA) is 83.1 Å². The van der Waals surface area contributed by atoms with E-state index in [1.54, 1.807) is 42.5 Å². The Morgan fingerprint density at radius 3 is 2.45 bits per heavy atom. The minimum atomic E-state index is -0.661. The molecule has 1 amide bonds. The molecular weight excluding hydrogens is 398 g/mol. The van der Waals surface area contributed by atoms with E-state index in [2.05, 4.69) is 5.32 Å². The molecule has 0 aliphatic carbocycles. The van der Waals surface area contributed by atoms with Crippen molar-refractivity contribution >= 4 is 35.2 Å². The molecule has 0 spiro atoms. The quantitative estimate of drug-likeness (QED) is 0.489. The highest BCUT2D eigenvalue weighted by Gasteiger charge is 2.10. The van der Waals surface area contributed by atoms with Gasteiger partial charge in [-0.05, 0) is 48.9 Å². The molecule has 0 heterocycles. The molecule has 0 saturated carbocycles. The van der Waals surface area contributed by atoms with Crippen molar-refractivity contribution in [2.75, 3.05) is 32.8 Å². The predicted octanol–water partition coefficient (Wildman–Crippen LogP) is 3.95. The van der Waals surface area contributed by atoms with Crippen LogP contribution in [0, 0.1) is 0 Å². The lowest BCUT2D eigenvalue weighted by atomic mass is 10.2. The van der Waals surface area contributed by atoms with Crippen molar-refractivity contribution in [2.24, 2.45) is 0 Å². The SMILES string of the molecule is CCOc1ccc(/C=C/C(=O)OCC(=O)Nc2cc(Cl)ccc2OC)cc1OC. The lowest BCUT2D eigenvalue weighted by Crippen LogP contribution is -2.20. The van der Waals surface area contributed by atoms with Crippen molar-refractivity contribution in [3.8, 4) is 17.2 Å². The third kappa shape index (κ3) is 6.73. The van der Waals surface area contributed by atoms with Crippen molar-refractivity contribution in [1.82, 2.24) is 0 Å². The summed E-state index contributed by atoms with van der Waals surface area (Å²) in [6.45, 7) is 1.94. The molecule has 0 unspecified atom stereocenters. The average Bonchev–Trinajstić information content (AvgIpc) is 2.71. The van der Waals surface area contributed by atoms with Crippen LogP contribution in [0.1, 0.15) is 12.5 Å². The minimum Gasteiger partial charge on any atom is -0.495 e. The minimum absolute atomic E-state index is 0.387. The van der Waals surface area contributed by atoms with Crippen LogP contribution in [0.3, 0.4) is 0 Å². The third-order valence-corrected chi connectivity index (χ3v) is 3.92. The van der Waals surface area contributed by atoms with Gasteiger partial charge in [0.05, 0.1) is 26.5 Å². The summed E-state index contributed by atoms with van der Waals surface area (Å²) in [6.07, 6.45) is 2.78. The fourth-order valence-corrected chi connectivity index (χ4v) is 2.55. The molecule has 0 radical (unpaired) electrons. The molecular formula is C21H22ClNO6. The molecule has 1 N–H and O–H groups in total. The highest BCUT2D eigenvalue weighted by Crippen LogP contribution is 2.29. The molecule has 0 bridgehead atoms. The summed E-state index contributed by atoms with van der Waals surface area (Å²) in [5.41, 5.74) is 1.11. The number of anilines is 1. The molecule has 8 heteroatoms. The zero-order chi connectivity index (χ0) is 21.2. The molecule has 0 aromatic heterocycles. The van der Waals surface area contributed by atoms with Crippen molar-refractivity contribution in [1.29, 1.82) is 0 Å². The number of halogens is 1. The van der Waals surface area contributed by atoms with Gasteiger partial charge in [-0.3, -0.25) is 4.79 Å². The summed E-state index contributed by atoms with van der Waals surface area (Å²) >= 11 is 5.91. The smallest absolute Gasteiger partial charge is 0.331 e. The number of carbonyl (C=O) groups is 2. The molecule has 2 aromatic carbocycles. The van der Waals surface area contributed by atoms with Crippen LogP contribution in [0.2, 0.25) is 5.02 Å². The lowest BCUT2D eigenvalue weighted by molar-refractivity contribution is -0.142. The molecule has 0 aliphatic rings. The normalized spacial score (nSPS) is 10.5. The van der Waals surface area contributed by atoms with Crippen LogP contribution in [0.15, 0.2) is 42.5 Å². The summed E-state index contributed by atoms with van der Waals surface area (Å²) in [5, 5.41) is 3.02. The summed E-state index contributed by atoms with van der Waals surface area (Å²) in [4.78, 5) is 23.9. The molecule has 0 aliphatic heterocycles. The number of esters is 1. The highest BCUT2D eigenvalue weighted by molar-refractivity contribution is 6.31. The highest BCUT2D eigenvalue weighted by atomic mass is 35.5. The van der Waals surface area contributed by atoms with Crippen molar-refractivity contribution < 1.29 is 28.5 Å². The number of hydrogen-bond acceptors (Lipinski definition) is 6. The van der Waals surface area contributed by atoms with Crippen LogP contribution in [-0.2, 0) is 14.3 Å². The number of ether oxygens (including phenoxy) is 4. The van der Waals surface area contributed by atoms with Crippen LogP contribution in [-0.4, -0.2) is 39.3 Å². The molecule has 0 atom stereocenters.